The van der Waals surface area contributed by atoms with E-state index >= 15 is 0 Å². The number of benzene rings is 3. The maximum atomic E-state index is 13.4. The maximum absolute atomic E-state index is 13.4. The molecule has 0 aliphatic carbocycles. The molecule has 0 saturated carbocycles. The second-order valence-corrected chi connectivity index (χ2v) is 8.19. The number of amides is 1. The molecule has 8 heteroatoms. The molecule has 1 amide bonds. The number of nitrogens with one attached hydrogen (secondary N) is 1. The largest absolute Gasteiger partial charge is 0.497 e. The van der Waals surface area contributed by atoms with Gasteiger partial charge in [-0.1, -0.05) is 42.0 Å². The van der Waals surface area contributed by atoms with Crippen molar-refractivity contribution in [3.63, 3.8) is 0 Å². The molecule has 0 bridgehead atoms. The van der Waals surface area contributed by atoms with Crippen LogP contribution in [0.2, 0.25) is 0 Å². The Morgan fingerprint density at radius 3 is 2.37 bits per heavy atom. The van der Waals surface area contributed by atoms with E-state index in [1.807, 2.05) is 55.5 Å². The van der Waals surface area contributed by atoms with E-state index in [9.17, 15) is 4.79 Å². The highest BCUT2D eigenvalue weighted by Crippen LogP contribution is 2.36. The summed E-state index contributed by atoms with van der Waals surface area (Å²) < 4.78 is 12.7. The summed E-state index contributed by atoms with van der Waals surface area (Å²) in [7, 11) is 3.16. The molecule has 2 aromatic heterocycles. The smallest absolute Gasteiger partial charge is 0.257 e. The number of carbonyl (C=O) groups excluding carboxylic acids is 1. The summed E-state index contributed by atoms with van der Waals surface area (Å²) >= 11 is 0. The molecule has 0 aliphatic rings. The number of anilines is 1. The third-order valence-electron chi connectivity index (χ3n) is 5.93. The molecule has 0 spiro atoms. The molecular formula is C27H25N5O3. The predicted octanol–water partition coefficient (Wildman–Crippen LogP) is 4.41. The minimum Gasteiger partial charge on any atom is -0.497 e. The van der Waals surface area contributed by atoms with Gasteiger partial charge in [0.15, 0.2) is 5.65 Å². The lowest BCUT2D eigenvalue weighted by molar-refractivity contribution is 0.0953. The van der Waals surface area contributed by atoms with Crippen LogP contribution >= 0.6 is 0 Å². The van der Waals surface area contributed by atoms with Gasteiger partial charge < -0.3 is 20.5 Å². The number of ether oxygens (including phenoxy) is 2. The first-order valence-corrected chi connectivity index (χ1v) is 11.1. The summed E-state index contributed by atoms with van der Waals surface area (Å²) in [6, 6.07) is 20.8. The number of aryl methyl sites for hydroxylation is 1. The van der Waals surface area contributed by atoms with Crippen molar-refractivity contribution in [2.75, 3.05) is 20.0 Å². The van der Waals surface area contributed by atoms with Gasteiger partial charge in [0.1, 0.15) is 28.4 Å². The lowest BCUT2D eigenvalue weighted by Crippen LogP contribution is -2.24. The van der Waals surface area contributed by atoms with Crippen molar-refractivity contribution in [1.82, 2.24) is 19.9 Å². The van der Waals surface area contributed by atoms with E-state index in [0.717, 1.165) is 11.1 Å². The third kappa shape index (κ3) is 3.99. The fourth-order valence-corrected chi connectivity index (χ4v) is 4.08. The Morgan fingerprint density at radius 1 is 0.971 bits per heavy atom. The standard InChI is InChI=1S/C27H25N5O3/c1-16-8-10-17(11-9-16)15-29-27(33)23-24-26(31-20-7-5-4-6-19(20)30-24)32(25(23)28)21-14-18(34-2)12-13-22(21)35-3/h4-14H,15,28H2,1-3H3,(H,29,33). The SMILES string of the molecule is COc1ccc(OC)c(-n2c(N)c(C(=O)NCc3ccc(C)cc3)c3nc4ccccc4nc32)c1. The van der Waals surface area contributed by atoms with Crippen molar-refractivity contribution in [1.29, 1.82) is 0 Å². The normalized spacial score (nSPS) is 11.1. The van der Waals surface area contributed by atoms with Gasteiger partial charge in [-0.05, 0) is 36.8 Å². The van der Waals surface area contributed by atoms with Crippen LogP contribution in [0.25, 0.3) is 27.9 Å². The fraction of sp³-hybridized carbons (Fsp3) is 0.148. The van der Waals surface area contributed by atoms with Crippen molar-refractivity contribution in [3.05, 3.63) is 83.4 Å². The van der Waals surface area contributed by atoms with Gasteiger partial charge in [0.05, 0.1) is 30.9 Å². The Hall–Kier alpha value is -4.59. The zero-order valence-corrected chi connectivity index (χ0v) is 19.7. The average Bonchev–Trinajstić information content (AvgIpc) is 3.16. The topological polar surface area (TPSA) is 104 Å². The van der Waals surface area contributed by atoms with Gasteiger partial charge in [0.2, 0.25) is 0 Å². The number of fused-ring (bicyclic) bond motifs is 2. The molecule has 35 heavy (non-hydrogen) atoms. The van der Waals surface area contributed by atoms with Crippen LogP contribution in [-0.4, -0.2) is 34.7 Å². The zero-order valence-electron chi connectivity index (χ0n) is 19.7. The molecule has 0 unspecified atom stereocenters. The van der Waals surface area contributed by atoms with Crippen molar-refractivity contribution < 1.29 is 14.3 Å². The van der Waals surface area contributed by atoms with E-state index in [-0.39, 0.29) is 17.3 Å². The summed E-state index contributed by atoms with van der Waals surface area (Å²) in [6.45, 7) is 2.38. The van der Waals surface area contributed by atoms with Crippen LogP contribution in [0.15, 0.2) is 66.7 Å². The lowest BCUT2D eigenvalue weighted by atomic mass is 10.1. The van der Waals surface area contributed by atoms with Crippen LogP contribution < -0.4 is 20.5 Å². The minimum absolute atomic E-state index is 0.211. The number of nitrogens with zero attached hydrogens (tertiary/aromatic N) is 3. The van der Waals surface area contributed by atoms with Crippen LogP contribution in [0.3, 0.4) is 0 Å². The van der Waals surface area contributed by atoms with Crippen LogP contribution in [0.5, 0.6) is 11.5 Å². The Bertz CT molecular complexity index is 1560. The summed E-state index contributed by atoms with van der Waals surface area (Å²) in [4.78, 5) is 23.0. The fourth-order valence-electron chi connectivity index (χ4n) is 4.08. The Morgan fingerprint density at radius 2 is 1.69 bits per heavy atom. The number of carbonyl (C=O) groups is 1. The molecule has 3 aromatic carbocycles. The Labute approximate surface area is 202 Å². The van der Waals surface area contributed by atoms with E-state index < -0.39 is 0 Å². The molecule has 3 N–H and O–H groups in total. The molecule has 0 aliphatic heterocycles. The summed E-state index contributed by atoms with van der Waals surface area (Å²) in [5.74, 6) is 1.04. The van der Waals surface area contributed by atoms with E-state index in [1.165, 1.54) is 0 Å². The highest BCUT2D eigenvalue weighted by atomic mass is 16.5. The van der Waals surface area contributed by atoms with Crippen LogP contribution in [0.1, 0.15) is 21.5 Å². The third-order valence-corrected chi connectivity index (χ3v) is 5.93. The number of nitrogen functional groups attached to an aromatic ring is 1. The molecule has 2 heterocycles. The quantitative estimate of drug-likeness (QED) is 0.383. The van der Waals surface area contributed by atoms with Gasteiger partial charge in [-0.15, -0.1) is 0 Å². The van der Waals surface area contributed by atoms with Crippen LogP contribution in [0, 0.1) is 6.92 Å². The number of hydrogen-bond acceptors (Lipinski definition) is 6. The molecule has 0 fully saturated rings. The summed E-state index contributed by atoms with van der Waals surface area (Å²) in [5.41, 5.74) is 11.9. The van der Waals surface area contributed by atoms with E-state index in [1.54, 1.807) is 37.0 Å². The monoisotopic (exact) mass is 467 g/mol. The predicted molar refractivity (Wildman–Crippen MR) is 136 cm³/mol. The van der Waals surface area contributed by atoms with E-state index in [0.29, 0.717) is 45.9 Å². The van der Waals surface area contributed by atoms with Gasteiger partial charge in [-0.3, -0.25) is 9.36 Å². The molecule has 0 atom stereocenters. The lowest BCUT2D eigenvalue weighted by Gasteiger charge is -2.14. The van der Waals surface area contributed by atoms with Gasteiger partial charge in [-0.2, -0.15) is 0 Å². The minimum atomic E-state index is -0.335. The number of aromatic nitrogens is 3. The average molecular weight is 468 g/mol. The molecule has 5 aromatic rings. The van der Waals surface area contributed by atoms with Gasteiger partial charge >= 0.3 is 0 Å². The van der Waals surface area contributed by atoms with Gasteiger partial charge in [-0.25, -0.2) is 9.97 Å². The second-order valence-electron chi connectivity index (χ2n) is 8.19. The zero-order chi connectivity index (χ0) is 24.5. The molecule has 8 nitrogen and oxygen atoms in total. The molecule has 0 saturated heterocycles. The van der Waals surface area contributed by atoms with Crippen LogP contribution in [-0.2, 0) is 6.54 Å². The number of nitrogens with two attached hydrogens (primary N) is 1. The summed E-state index contributed by atoms with van der Waals surface area (Å²) in [5, 5.41) is 2.98. The highest BCUT2D eigenvalue weighted by Gasteiger charge is 2.26. The van der Waals surface area contributed by atoms with E-state index in [4.69, 9.17) is 25.2 Å². The van der Waals surface area contributed by atoms with Gasteiger partial charge in [0.25, 0.3) is 5.91 Å². The van der Waals surface area contributed by atoms with Crippen molar-refractivity contribution in [2.45, 2.75) is 13.5 Å². The maximum Gasteiger partial charge on any atom is 0.257 e. The number of para-hydroxylation sites is 2. The number of hydrogen-bond donors (Lipinski definition) is 2. The second kappa shape index (κ2) is 8.98. The number of methoxy groups -OCH3 is 2. The van der Waals surface area contributed by atoms with Crippen molar-refractivity contribution in [2.24, 2.45) is 0 Å². The molecule has 176 valence electrons. The van der Waals surface area contributed by atoms with E-state index in [2.05, 4.69) is 5.32 Å². The molecular weight excluding hydrogens is 442 g/mol. The summed E-state index contributed by atoms with van der Waals surface area (Å²) in [6.07, 6.45) is 0. The van der Waals surface area contributed by atoms with Gasteiger partial charge in [0, 0.05) is 12.6 Å². The molecule has 5 rings (SSSR count). The van der Waals surface area contributed by atoms with Crippen molar-refractivity contribution >= 4 is 33.9 Å². The Kier molecular flexibility index (Phi) is 5.70. The molecule has 0 radical (unpaired) electrons. The van der Waals surface area contributed by atoms with Crippen LogP contribution in [0.4, 0.5) is 5.82 Å². The Balaban J connectivity index is 1.69. The highest BCUT2D eigenvalue weighted by molar-refractivity contribution is 6.11. The first-order chi connectivity index (χ1) is 17.0. The number of rotatable bonds is 6. The first-order valence-electron chi connectivity index (χ1n) is 11.1. The van der Waals surface area contributed by atoms with Crippen molar-refractivity contribution in [3.8, 4) is 17.2 Å². The first kappa shape index (κ1) is 22.2.